The van der Waals surface area contributed by atoms with Crippen molar-refractivity contribution in [3.8, 4) is 0 Å². The van der Waals surface area contributed by atoms with Crippen molar-refractivity contribution in [3.05, 3.63) is 34.3 Å². The van der Waals surface area contributed by atoms with Crippen LogP contribution in [0.3, 0.4) is 0 Å². The second-order valence-corrected chi connectivity index (χ2v) is 7.46. The van der Waals surface area contributed by atoms with Crippen LogP contribution >= 0.6 is 15.9 Å². The molecule has 1 atom stereocenters. The molecule has 0 saturated carbocycles. The SMILES string of the molecule is CCNC(Cc1ccccc1Br)C(C)(C)N1CCCCC1. The van der Waals surface area contributed by atoms with E-state index in [2.05, 4.69) is 71.2 Å². The lowest BCUT2D eigenvalue weighted by Gasteiger charge is -2.46. The topological polar surface area (TPSA) is 15.3 Å². The molecule has 1 fully saturated rings. The highest BCUT2D eigenvalue weighted by Gasteiger charge is 2.35. The molecule has 1 heterocycles. The molecule has 21 heavy (non-hydrogen) atoms. The number of rotatable bonds is 6. The van der Waals surface area contributed by atoms with Crippen LogP contribution in [-0.2, 0) is 6.42 Å². The first-order valence-corrected chi connectivity index (χ1v) is 9.07. The van der Waals surface area contributed by atoms with Gasteiger partial charge in [-0.3, -0.25) is 4.90 Å². The monoisotopic (exact) mass is 352 g/mol. The van der Waals surface area contributed by atoms with E-state index in [1.54, 1.807) is 0 Å². The van der Waals surface area contributed by atoms with Gasteiger partial charge in [0.15, 0.2) is 0 Å². The Bertz CT molecular complexity index is 439. The van der Waals surface area contributed by atoms with Crippen molar-refractivity contribution in [1.82, 2.24) is 10.2 Å². The highest BCUT2D eigenvalue weighted by atomic mass is 79.9. The van der Waals surface area contributed by atoms with Crippen LogP contribution in [0, 0.1) is 0 Å². The lowest BCUT2D eigenvalue weighted by atomic mass is 9.86. The van der Waals surface area contributed by atoms with E-state index < -0.39 is 0 Å². The van der Waals surface area contributed by atoms with Gasteiger partial charge in [0.1, 0.15) is 0 Å². The summed E-state index contributed by atoms with van der Waals surface area (Å²) in [5.41, 5.74) is 1.58. The fraction of sp³-hybridized carbons (Fsp3) is 0.667. The van der Waals surface area contributed by atoms with Crippen LogP contribution in [0.15, 0.2) is 28.7 Å². The van der Waals surface area contributed by atoms with E-state index in [4.69, 9.17) is 0 Å². The summed E-state index contributed by atoms with van der Waals surface area (Å²) in [6.07, 6.45) is 5.15. The number of hydrogen-bond donors (Lipinski definition) is 1. The van der Waals surface area contributed by atoms with E-state index >= 15 is 0 Å². The van der Waals surface area contributed by atoms with E-state index in [1.165, 1.54) is 42.4 Å². The zero-order chi connectivity index (χ0) is 15.3. The molecule has 1 N–H and O–H groups in total. The van der Waals surface area contributed by atoms with Gasteiger partial charge in [0.2, 0.25) is 0 Å². The molecule has 0 bridgehead atoms. The van der Waals surface area contributed by atoms with Gasteiger partial charge in [-0.15, -0.1) is 0 Å². The van der Waals surface area contributed by atoms with Gasteiger partial charge in [-0.25, -0.2) is 0 Å². The van der Waals surface area contributed by atoms with Gasteiger partial charge in [0, 0.05) is 16.1 Å². The second kappa shape index (κ2) is 7.75. The van der Waals surface area contributed by atoms with E-state index in [9.17, 15) is 0 Å². The third-order valence-corrected chi connectivity index (χ3v) is 5.63. The third-order valence-electron chi connectivity index (χ3n) is 4.86. The molecule has 2 nitrogen and oxygen atoms in total. The first-order valence-electron chi connectivity index (χ1n) is 8.27. The van der Waals surface area contributed by atoms with Crippen LogP contribution in [0.1, 0.15) is 45.6 Å². The van der Waals surface area contributed by atoms with E-state index in [0.717, 1.165) is 13.0 Å². The second-order valence-electron chi connectivity index (χ2n) is 6.61. The fourth-order valence-electron chi connectivity index (χ4n) is 3.39. The molecule has 0 amide bonds. The Morgan fingerprint density at radius 2 is 1.86 bits per heavy atom. The van der Waals surface area contributed by atoms with Crippen molar-refractivity contribution in [1.29, 1.82) is 0 Å². The molecule has 3 heteroatoms. The number of likely N-dealkylation sites (N-methyl/N-ethyl adjacent to an activating group) is 1. The van der Waals surface area contributed by atoms with Crippen LogP contribution in [0.2, 0.25) is 0 Å². The van der Waals surface area contributed by atoms with Gasteiger partial charge in [-0.2, -0.15) is 0 Å². The lowest BCUT2D eigenvalue weighted by molar-refractivity contribution is 0.0615. The summed E-state index contributed by atoms with van der Waals surface area (Å²) >= 11 is 3.70. The van der Waals surface area contributed by atoms with E-state index in [-0.39, 0.29) is 5.54 Å². The maximum atomic E-state index is 3.73. The van der Waals surface area contributed by atoms with Crippen LogP contribution in [0.25, 0.3) is 0 Å². The van der Waals surface area contributed by atoms with Crippen LogP contribution < -0.4 is 5.32 Å². The van der Waals surface area contributed by atoms with Crippen molar-refractivity contribution in [3.63, 3.8) is 0 Å². The highest BCUT2D eigenvalue weighted by molar-refractivity contribution is 9.10. The predicted molar refractivity (Wildman–Crippen MR) is 94.8 cm³/mol. The highest BCUT2D eigenvalue weighted by Crippen LogP contribution is 2.27. The molecule has 1 aromatic rings. The first-order chi connectivity index (χ1) is 10.1. The summed E-state index contributed by atoms with van der Waals surface area (Å²) in [6.45, 7) is 10.5. The van der Waals surface area contributed by atoms with Gasteiger partial charge in [0.25, 0.3) is 0 Å². The number of halogens is 1. The minimum atomic E-state index is 0.186. The number of likely N-dealkylation sites (tertiary alicyclic amines) is 1. The number of nitrogens with zero attached hydrogens (tertiary/aromatic N) is 1. The molecule has 1 aliphatic rings. The quantitative estimate of drug-likeness (QED) is 0.823. The van der Waals surface area contributed by atoms with Gasteiger partial charge < -0.3 is 5.32 Å². The number of piperidine rings is 1. The van der Waals surface area contributed by atoms with Gasteiger partial charge >= 0.3 is 0 Å². The van der Waals surface area contributed by atoms with Gasteiger partial charge in [0.05, 0.1) is 0 Å². The number of nitrogens with one attached hydrogen (secondary N) is 1. The molecule has 0 aliphatic carbocycles. The third kappa shape index (κ3) is 4.30. The first kappa shape index (κ1) is 17.0. The minimum absolute atomic E-state index is 0.186. The normalized spacial score (nSPS) is 18.7. The average Bonchev–Trinajstić information content (AvgIpc) is 2.50. The van der Waals surface area contributed by atoms with Crippen LogP contribution in [0.4, 0.5) is 0 Å². The maximum Gasteiger partial charge on any atom is 0.0309 e. The summed E-state index contributed by atoms with van der Waals surface area (Å²) in [5, 5.41) is 3.73. The standard InChI is InChI=1S/C18H29BrN2/c1-4-20-17(14-15-10-6-7-11-16(15)19)18(2,3)21-12-8-5-9-13-21/h6-7,10-11,17,20H,4-5,8-9,12-14H2,1-3H3. The molecule has 1 aliphatic heterocycles. The minimum Gasteiger partial charge on any atom is -0.312 e. The predicted octanol–water partition coefficient (Wildman–Crippen LogP) is 4.23. The van der Waals surface area contributed by atoms with Crippen molar-refractivity contribution >= 4 is 15.9 Å². The fourth-order valence-corrected chi connectivity index (χ4v) is 3.84. The Kier molecular flexibility index (Phi) is 6.27. The van der Waals surface area contributed by atoms with Gasteiger partial charge in [-0.1, -0.05) is 47.5 Å². The van der Waals surface area contributed by atoms with Crippen LogP contribution in [0.5, 0.6) is 0 Å². The van der Waals surface area contributed by atoms with E-state index in [1.807, 2.05) is 0 Å². The summed E-state index contributed by atoms with van der Waals surface area (Å²) in [5.74, 6) is 0. The summed E-state index contributed by atoms with van der Waals surface area (Å²) < 4.78 is 1.22. The summed E-state index contributed by atoms with van der Waals surface area (Å²) in [4.78, 5) is 2.68. The molecule has 0 aromatic heterocycles. The molecule has 1 unspecified atom stereocenters. The maximum absolute atomic E-state index is 3.73. The molecular formula is C18H29BrN2. The molecule has 0 radical (unpaired) electrons. The van der Waals surface area contributed by atoms with Crippen molar-refractivity contribution < 1.29 is 0 Å². The zero-order valence-corrected chi connectivity index (χ0v) is 15.2. The molecular weight excluding hydrogens is 324 g/mol. The molecule has 1 aromatic carbocycles. The molecule has 1 saturated heterocycles. The van der Waals surface area contributed by atoms with Crippen molar-refractivity contribution in [2.75, 3.05) is 19.6 Å². The Balaban J connectivity index is 2.15. The Morgan fingerprint density at radius 1 is 1.19 bits per heavy atom. The molecule has 2 rings (SSSR count). The lowest BCUT2D eigenvalue weighted by Crippen LogP contribution is -2.59. The van der Waals surface area contributed by atoms with E-state index in [0.29, 0.717) is 6.04 Å². The summed E-state index contributed by atoms with van der Waals surface area (Å²) in [7, 11) is 0. The molecule has 118 valence electrons. The zero-order valence-electron chi connectivity index (χ0n) is 13.7. The Morgan fingerprint density at radius 3 is 2.48 bits per heavy atom. The van der Waals surface area contributed by atoms with Gasteiger partial charge in [-0.05, 0) is 64.4 Å². The summed E-state index contributed by atoms with van der Waals surface area (Å²) in [6, 6.07) is 9.08. The average molecular weight is 353 g/mol. The Hall–Kier alpha value is -0.380. The number of hydrogen-bond acceptors (Lipinski definition) is 2. The van der Waals surface area contributed by atoms with Crippen molar-refractivity contribution in [2.24, 2.45) is 0 Å². The smallest absolute Gasteiger partial charge is 0.0309 e. The molecule has 0 spiro atoms. The largest absolute Gasteiger partial charge is 0.312 e. The Labute approximate surface area is 138 Å². The van der Waals surface area contributed by atoms with Crippen LogP contribution in [-0.4, -0.2) is 36.1 Å². The van der Waals surface area contributed by atoms with Crippen molar-refractivity contribution in [2.45, 2.75) is 58.0 Å². The number of benzene rings is 1.